The third kappa shape index (κ3) is 1.64. The van der Waals surface area contributed by atoms with Gasteiger partial charge in [-0.1, -0.05) is 0 Å². The number of hydrogen-bond donors (Lipinski definition) is 2. The standard InChI is InChI=1S/C8H10N4O2/c13-7(14)6-4-12(5-11-6)8-9-2-1-3-10-8/h1-3,6,11H,4-5H2,(H,13,14). The van der Waals surface area contributed by atoms with Crippen LogP contribution < -0.4 is 10.2 Å². The van der Waals surface area contributed by atoms with E-state index < -0.39 is 12.0 Å². The summed E-state index contributed by atoms with van der Waals surface area (Å²) in [5.74, 6) is -0.285. The summed E-state index contributed by atoms with van der Waals surface area (Å²) in [6.45, 7) is 0.875. The highest BCUT2D eigenvalue weighted by Crippen LogP contribution is 2.09. The van der Waals surface area contributed by atoms with E-state index in [9.17, 15) is 4.79 Å². The summed E-state index contributed by atoms with van der Waals surface area (Å²) in [6.07, 6.45) is 3.27. The third-order valence-corrected chi connectivity index (χ3v) is 2.06. The van der Waals surface area contributed by atoms with Gasteiger partial charge in [0.15, 0.2) is 0 Å². The number of hydrogen-bond acceptors (Lipinski definition) is 5. The SMILES string of the molecule is O=C(O)C1CN(c2ncccn2)CN1. The topological polar surface area (TPSA) is 78.3 Å². The van der Waals surface area contributed by atoms with Crippen LogP contribution in [0.3, 0.4) is 0 Å². The van der Waals surface area contributed by atoms with E-state index in [1.54, 1.807) is 23.4 Å². The molecule has 2 heterocycles. The second-order valence-corrected chi connectivity index (χ2v) is 3.02. The van der Waals surface area contributed by atoms with Crippen LogP contribution in [0.25, 0.3) is 0 Å². The third-order valence-electron chi connectivity index (χ3n) is 2.06. The first-order chi connectivity index (χ1) is 6.77. The number of carboxylic acid groups (broad SMARTS) is 1. The molecular weight excluding hydrogens is 184 g/mol. The maximum Gasteiger partial charge on any atom is 0.322 e. The lowest BCUT2D eigenvalue weighted by atomic mass is 10.3. The van der Waals surface area contributed by atoms with Crippen molar-refractivity contribution in [2.24, 2.45) is 0 Å². The summed E-state index contributed by atoms with van der Waals surface area (Å²) < 4.78 is 0. The van der Waals surface area contributed by atoms with E-state index in [1.165, 1.54) is 0 Å². The van der Waals surface area contributed by atoms with E-state index >= 15 is 0 Å². The maximum atomic E-state index is 10.6. The van der Waals surface area contributed by atoms with Gasteiger partial charge in [0.1, 0.15) is 6.04 Å². The number of anilines is 1. The number of nitrogens with zero attached hydrogens (tertiary/aromatic N) is 3. The van der Waals surface area contributed by atoms with Crippen LogP contribution in [0, 0.1) is 0 Å². The van der Waals surface area contributed by atoms with Crippen LogP contribution >= 0.6 is 0 Å². The zero-order valence-electron chi connectivity index (χ0n) is 7.42. The minimum Gasteiger partial charge on any atom is -0.480 e. The van der Waals surface area contributed by atoms with Gasteiger partial charge in [0.25, 0.3) is 0 Å². The van der Waals surface area contributed by atoms with Crippen LogP contribution in [0.2, 0.25) is 0 Å². The molecule has 1 aliphatic heterocycles. The first kappa shape index (κ1) is 8.89. The fourth-order valence-electron chi connectivity index (χ4n) is 1.34. The van der Waals surface area contributed by atoms with Gasteiger partial charge in [-0.3, -0.25) is 10.1 Å². The summed E-state index contributed by atoms with van der Waals surface area (Å²) in [6, 6.07) is 1.20. The first-order valence-corrected chi connectivity index (χ1v) is 4.25. The Bertz CT molecular complexity index is 329. The van der Waals surface area contributed by atoms with Crippen LogP contribution in [0.5, 0.6) is 0 Å². The summed E-state index contributed by atoms with van der Waals surface area (Å²) in [5.41, 5.74) is 0. The van der Waals surface area contributed by atoms with E-state index in [0.29, 0.717) is 19.2 Å². The molecule has 2 N–H and O–H groups in total. The molecule has 74 valence electrons. The summed E-state index contributed by atoms with van der Waals surface area (Å²) >= 11 is 0. The van der Waals surface area contributed by atoms with E-state index in [0.717, 1.165) is 0 Å². The molecule has 0 spiro atoms. The Morgan fingerprint density at radius 3 is 2.86 bits per heavy atom. The molecule has 0 radical (unpaired) electrons. The predicted octanol–water partition coefficient (Wildman–Crippen LogP) is -0.703. The van der Waals surface area contributed by atoms with Crippen molar-refractivity contribution in [2.45, 2.75) is 6.04 Å². The van der Waals surface area contributed by atoms with E-state index in [4.69, 9.17) is 5.11 Å². The Kier molecular flexibility index (Phi) is 2.28. The normalized spacial score (nSPS) is 21.1. The number of rotatable bonds is 2. The van der Waals surface area contributed by atoms with Gasteiger partial charge in [-0.25, -0.2) is 9.97 Å². The molecular formula is C8H10N4O2. The molecule has 1 aromatic rings. The molecule has 0 amide bonds. The number of carboxylic acids is 1. The predicted molar refractivity (Wildman–Crippen MR) is 48.8 cm³/mol. The first-order valence-electron chi connectivity index (χ1n) is 4.25. The van der Waals surface area contributed by atoms with Gasteiger partial charge in [-0.2, -0.15) is 0 Å². The molecule has 1 aromatic heterocycles. The molecule has 6 nitrogen and oxygen atoms in total. The highest BCUT2D eigenvalue weighted by atomic mass is 16.4. The van der Waals surface area contributed by atoms with E-state index in [1.807, 2.05) is 0 Å². The molecule has 1 unspecified atom stereocenters. The Labute approximate surface area is 80.6 Å². The number of carbonyl (C=O) groups is 1. The number of aliphatic carboxylic acids is 1. The quantitative estimate of drug-likeness (QED) is 0.648. The zero-order valence-corrected chi connectivity index (χ0v) is 7.42. The van der Waals surface area contributed by atoms with Crippen LogP contribution in [-0.4, -0.2) is 40.3 Å². The molecule has 0 aliphatic carbocycles. The monoisotopic (exact) mass is 194 g/mol. The summed E-state index contributed by atoms with van der Waals surface area (Å²) in [7, 11) is 0. The Hall–Kier alpha value is -1.69. The molecule has 0 bridgehead atoms. The highest BCUT2D eigenvalue weighted by molar-refractivity contribution is 5.75. The highest BCUT2D eigenvalue weighted by Gasteiger charge is 2.28. The summed E-state index contributed by atoms with van der Waals surface area (Å²) in [5, 5.41) is 11.6. The van der Waals surface area contributed by atoms with Gasteiger partial charge in [-0.15, -0.1) is 0 Å². The van der Waals surface area contributed by atoms with Gasteiger partial charge in [-0.05, 0) is 6.07 Å². The lowest BCUT2D eigenvalue weighted by molar-refractivity contribution is -0.138. The Morgan fingerprint density at radius 1 is 1.57 bits per heavy atom. The van der Waals surface area contributed by atoms with Gasteiger partial charge in [0.2, 0.25) is 5.95 Å². The zero-order chi connectivity index (χ0) is 9.97. The van der Waals surface area contributed by atoms with Crippen LogP contribution in [-0.2, 0) is 4.79 Å². The molecule has 0 aromatic carbocycles. The van der Waals surface area contributed by atoms with E-state index in [2.05, 4.69) is 15.3 Å². The molecule has 1 saturated heterocycles. The average molecular weight is 194 g/mol. The van der Waals surface area contributed by atoms with Gasteiger partial charge in [0.05, 0.1) is 6.67 Å². The molecule has 0 saturated carbocycles. The largest absolute Gasteiger partial charge is 0.480 e. The fourth-order valence-corrected chi connectivity index (χ4v) is 1.34. The fraction of sp³-hybridized carbons (Fsp3) is 0.375. The summed E-state index contributed by atoms with van der Waals surface area (Å²) in [4.78, 5) is 20.5. The van der Waals surface area contributed by atoms with Crippen LogP contribution in [0.1, 0.15) is 0 Å². The van der Waals surface area contributed by atoms with Crippen molar-refractivity contribution in [3.63, 3.8) is 0 Å². The van der Waals surface area contributed by atoms with Crippen molar-refractivity contribution in [2.75, 3.05) is 18.1 Å². The van der Waals surface area contributed by atoms with Crippen molar-refractivity contribution in [1.82, 2.24) is 15.3 Å². The molecule has 6 heteroatoms. The minimum absolute atomic E-state index is 0.402. The number of nitrogens with one attached hydrogen (secondary N) is 1. The van der Waals surface area contributed by atoms with Crippen molar-refractivity contribution in [3.05, 3.63) is 18.5 Å². The van der Waals surface area contributed by atoms with E-state index in [-0.39, 0.29) is 0 Å². The molecule has 1 aliphatic rings. The van der Waals surface area contributed by atoms with Crippen molar-refractivity contribution >= 4 is 11.9 Å². The van der Waals surface area contributed by atoms with Crippen LogP contribution in [0.4, 0.5) is 5.95 Å². The Balaban J connectivity index is 2.06. The molecule has 1 fully saturated rings. The Morgan fingerprint density at radius 2 is 2.29 bits per heavy atom. The van der Waals surface area contributed by atoms with Crippen molar-refractivity contribution in [1.29, 1.82) is 0 Å². The number of aromatic nitrogens is 2. The lowest BCUT2D eigenvalue weighted by Crippen LogP contribution is -2.32. The smallest absolute Gasteiger partial charge is 0.322 e. The molecule has 1 atom stereocenters. The van der Waals surface area contributed by atoms with Crippen LogP contribution in [0.15, 0.2) is 18.5 Å². The molecule has 2 rings (SSSR count). The van der Waals surface area contributed by atoms with Crippen molar-refractivity contribution < 1.29 is 9.90 Å². The molecule has 14 heavy (non-hydrogen) atoms. The maximum absolute atomic E-state index is 10.6. The lowest BCUT2D eigenvalue weighted by Gasteiger charge is -2.12. The van der Waals surface area contributed by atoms with Gasteiger partial charge >= 0.3 is 5.97 Å². The van der Waals surface area contributed by atoms with Crippen molar-refractivity contribution in [3.8, 4) is 0 Å². The van der Waals surface area contributed by atoms with Gasteiger partial charge < -0.3 is 10.0 Å². The second-order valence-electron chi connectivity index (χ2n) is 3.02. The minimum atomic E-state index is -0.844. The second kappa shape index (κ2) is 3.59. The average Bonchev–Trinajstić information content (AvgIpc) is 2.68. The van der Waals surface area contributed by atoms with Gasteiger partial charge in [0, 0.05) is 18.9 Å².